The summed E-state index contributed by atoms with van der Waals surface area (Å²) in [6.07, 6.45) is 1.81. The lowest BCUT2D eigenvalue weighted by molar-refractivity contribution is -0.135. The third-order valence-electron chi connectivity index (χ3n) is 6.85. The van der Waals surface area contributed by atoms with Crippen LogP contribution in [-0.2, 0) is 26.7 Å². The van der Waals surface area contributed by atoms with E-state index in [-0.39, 0.29) is 16.7 Å². The molecule has 158 valence electrons. The van der Waals surface area contributed by atoms with Crippen LogP contribution in [0.15, 0.2) is 95.9 Å². The van der Waals surface area contributed by atoms with Gasteiger partial charge in [-0.2, -0.15) is 0 Å². The Balaban J connectivity index is 1.61. The van der Waals surface area contributed by atoms with Crippen molar-refractivity contribution in [3.63, 3.8) is 0 Å². The first-order valence-corrected chi connectivity index (χ1v) is 12.3. The molecule has 0 N–H and O–H groups in total. The second-order valence-corrected chi connectivity index (χ2v) is 10.6. The molecule has 2 aliphatic heterocycles. The highest BCUT2D eigenvalue weighted by molar-refractivity contribution is 7.92. The van der Waals surface area contributed by atoms with E-state index in [1.165, 1.54) is 0 Å². The Morgan fingerprint density at radius 2 is 1.42 bits per heavy atom. The maximum atomic E-state index is 14.1. The summed E-state index contributed by atoms with van der Waals surface area (Å²) < 4.78 is 27.0. The second kappa shape index (κ2) is 7.74. The van der Waals surface area contributed by atoms with E-state index in [1.54, 1.807) is 30.3 Å². The van der Waals surface area contributed by atoms with Gasteiger partial charge in [-0.05, 0) is 42.5 Å². The first-order chi connectivity index (χ1) is 15.0. The number of piperidine rings is 1. The SMILES string of the molecule is O=C1C(S(=O)(=O)c2ccccc2)CC2CCC1(c1ccccc1)N2Cc1ccccc1. The molecule has 5 heteroatoms. The van der Waals surface area contributed by atoms with Gasteiger partial charge in [0.2, 0.25) is 0 Å². The topological polar surface area (TPSA) is 54.5 Å². The first-order valence-electron chi connectivity index (χ1n) is 10.7. The van der Waals surface area contributed by atoms with E-state index in [9.17, 15) is 13.2 Å². The smallest absolute Gasteiger partial charge is 0.188 e. The number of nitrogens with zero attached hydrogens (tertiary/aromatic N) is 1. The van der Waals surface area contributed by atoms with E-state index in [4.69, 9.17) is 0 Å². The molecule has 5 rings (SSSR count). The number of fused-ring (bicyclic) bond motifs is 2. The lowest BCUT2D eigenvalue weighted by Gasteiger charge is -2.46. The van der Waals surface area contributed by atoms with E-state index in [0.717, 1.165) is 17.5 Å². The molecule has 3 atom stereocenters. The second-order valence-electron chi connectivity index (χ2n) is 8.48. The van der Waals surface area contributed by atoms with Gasteiger partial charge in [0.1, 0.15) is 10.8 Å². The largest absolute Gasteiger partial charge is 0.296 e. The van der Waals surface area contributed by atoms with Crippen molar-refractivity contribution in [1.82, 2.24) is 4.90 Å². The van der Waals surface area contributed by atoms with Crippen molar-refractivity contribution < 1.29 is 13.2 Å². The minimum Gasteiger partial charge on any atom is -0.296 e. The predicted molar refractivity (Wildman–Crippen MR) is 120 cm³/mol. The summed E-state index contributed by atoms with van der Waals surface area (Å²) in [4.78, 5) is 16.6. The molecule has 0 amide bonds. The van der Waals surface area contributed by atoms with Crippen molar-refractivity contribution in [3.05, 3.63) is 102 Å². The highest BCUT2D eigenvalue weighted by atomic mass is 32.2. The minimum atomic E-state index is -3.76. The maximum Gasteiger partial charge on any atom is 0.188 e. The van der Waals surface area contributed by atoms with Gasteiger partial charge < -0.3 is 0 Å². The first kappa shape index (κ1) is 20.2. The van der Waals surface area contributed by atoms with E-state index in [0.29, 0.717) is 19.4 Å². The number of ketones is 1. The van der Waals surface area contributed by atoms with Gasteiger partial charge in [-0.1, -0.05) is 78.9 Å². The van der Waals surface area contributed by atoms with Crippen LogP contribution in [0.4, 0.5) is 0 Å². The molecule has 3 aromatic rings. The van der Waals surface area contributed by atoms with Gasteiger partial charge in [0.15, 0.2) is 15.6 Å². The summed E-state index contributed by atoms with van der Waals surface area (Å²) in [6, 6.07) is 28.3. The third-order valence-corrected chi connectivity index (χ3v) is 8.93. The number of sulfone groups is 1. The predicted octanol–water partition coefficient (Wildman–Crippen LogP) is 4.36. The van der Waals surface area contributed by atoms with Crippen LogP contribution in [0.3, 0.4) is 0 Å². The number of benzene rings is 3. The lowest BCUT2D eigenvalue weighted by Crippen LogP contribution is -2.60. The van der Waals surface area contributed by atoms with Crippen LogP contribution in [-0.4, -0.2) is 30.4 Å². The molecule has 2 heterocycles. The Morgan fingerprint density at radius 3 is 2.06 bits per heavy atom. The fourth-order valence-corrected chi connectivity index (χ4v) is 7.19. The van der Waals surface area contributed by atoms with Crippen LogP contribution in [0.1, 0.15) is 30.4 Å². The van der Waals surface area contributed by atoms with Gasteiger partial charge in [-0.15, -0.1) is 0 Å². The molecule has 0 radical (unpaired) electrons. The van der Waals surface area contributed by atoms with Crippen molar-refractivity contribution >= 4 is 15.6 Å². The average molecular weight is 432 g/mol. The molecule has 0 spiro atoms. The van der Waals surface area contributed by atoms with Crippen molar-refractivity contribution in [3.8, 4) is 0 Å². The normalized spacial score (nSPS) is 26.1. The zero-order valence-corrected chi connectivity index (χ0v) is 18.0. The number of carbonyl (C=O) groups is 1. The summed E-state index contributed by atoms with van der Waals surface area (Å²) in [5, 5.41) is -1.02. The molecule has 0 aliphatic carbocycles. The van der Waals surface area contributed by atoms with Crippen LogP contribution in [0.25, 0.3) is 0 Å². The van der Waals surface area contributed by atoms with E-state index in [2.05, 4.69) is 17.0 Å². The number of carbonyl (C=O) groups excluding carboxylic acids is 1. The van der Waals surface area contributed by atoms with Gasteiger partial charge in [0.25, 0.3) is 0 Å². The minimum absolute atomic E-state index is 0.0431. The molecule has 2 fully saturated rings. The van der Waals surface area contributed by atoms with E-state index in [1.807, 2.05) is 48.5 Å². The zero-order chi connectivity index (χ0) is 21.5. The Kier molecular flexibility index (Phi) is 5.03. The van der Waals surface area contributed by atoms with Gasteiger partial charge in [0.05, 0.1) is 4.90 Å². The summed E-state index contributed by atoms with van der Waals surface area (Å²) in [6.45, 7) is 0.629. The van der Waals surface area contributed by atoms with Gasteiger partial charge in [-0.3, -0.25) is 9.69 Å². The van der Waals surface area contributed by atoms with Crippen molar-refractivity contribution in [2.75, 3.05) is 0 Å². The quantitative estimate of drug-likeness (QED) is 0.602. The molecule has 4 nitrogen and oxygen atoms in total. The van der Waals surface area contributed by atoms with Crippen LogP contribution < -0.4 is 0 Å². The number of Topliss-reactive ketones (excluding diaryl/α,β-unsaturated/α-hetero) is 1. The Morgan fingerprint density at radius 1 is 0.839 bits per heavy atom. The van der Waals surface area contributed by atoms with Gasteiger partial charge >= 0.3 is 0 Å². The van der Waals surface area contributed by atoms with Gasteiger partial charge in [-0.25, -0.2) is 8.42 Å². The third kappa shape index (κ3) is 3.24. The van der Waals surface area contributed by atoms with Crippen molar-refractivity contribution in [1.29, 1.82) is 0 Å². The molecule has 3 unspecified atom stereocenters. The molecule has 0 saturated carbocycles. The average Bonchev–Trinajstić information content (AvgIpc) is 3.08. The van der Waals surface area contributed by atoms with Crippen LogP contribution in [0, 0.1) is 0 Å². The highest BCUT2D eigenvalue weighted by Gasteiger charge is 2.61. The summed E-state index contributed by atoms with van der Waals surface area (Å²) in [5.74, 6) is -0.188. The van der Waals surface area contributed by atoms with Crippen molar-refractivity contribution in [2.45, 2.75) is 47.5 Å². The summed E-state index contributed by atoms with van der Waals surface area (Å²) >= 11 is 0. The molecule has 0 aromatic heterocycles. The lowest BCUT2D eigenvalue weighted by atomic mass is 9.80. The van der Waals surface area contributed by atoms with E-state index < -0.39 is 20.6 Å². The molecule has 31 heavy (non-hydrogen) atoms. The number of hydrogen-bond acceptors (Lipinski definition) is 4. The van der Waals surface area contributed by atoms with Crippen molar-refractivity contribution in [2.24, 2.45) is 0 Å². The molecule has 2 saturated heterocycles. The Labute approximate surface area is 183 Å². The monoisotopic (exact) mass is 431 g/mol. The Hall–Kier alpha value is -2.76. The summed E-state index contributed by atoms with van der Waals surface area (Å²) in [5.41, 5.74) is 1.12. The van der Waals surface area contributed by atoms with Gasteiger partial charge in [0, 0.05) is 12.6 Å². The molecular formula is C26H25NO3S. The van der Waals surface area contributed by atoms with Crippen LogP contribution in [0.5, 0.6) is 0 Å². The molecule has 3 aromatic carbocycles. The number of rotatable bonds is 5. The summed E-state index contributed by atoms with van der Waals surface area (Å²) in [7, 11) is -3.76. The highest BCUT2D eigenvalue weighted by Crippen LogP contribution is 2.51. The van der Waals surface area contributed by atoms with E-state index >= 15 is 0 Å². The Bertz CT molecular complexity index is 1180. The fourth-order valence-electron chi connectivity index (χ4n) is 5.37. The number of hydrogen-bond donors (Lipinski definition) is 0. The standard InChI is InChI=1S/C26H25NO3S/c28-25-24(31(29,30)23-14-8-3-9-15-23)18-22-16-17-26(25,21-12-6-2-7-13-21)27(22)19-20-10-4-1-5-11-20/h1-15,22,24H,16-19H2. The zero-order valence-electron chi connectivity index (χ0n) is 17.2. The fraction of sp³-hybridized carbons (Fsp3) is 0.269. The van der Waals surface area contributed by atoms with Crippen LogP contribution >= 0.6 is 0 Å². The van der Waals surface area contributed by atoms with Crippen LogP contribution in [0.2, 0.25) is 0 Å². The molecular weight excluding hydrogens is 406 g/mol. The molecule has 2 bridgehead atoms. The molecule has 2 aliphatic rings. The maximum absolute atomic E-state index is 14.1.